The molecule has 0 aromatic heterocycles. The van der Waals surface area contributed by atoms with Crippen molar-refractivity contribution in [2.75, 3.05) is 16.8 Å². The van der Waals surface area contributed by atoms with Gasteiger partial charge in [-0.15, -0.1) is 11.8 Å². The standard InChI is InChI=1S/C20H22N2O2S/c1-15(25-14-16-6-3-2-4-7-16)20(24)21-17-9-11-18(12-10-17)22-13-5-8-19(22)23/h2-4,6-7,9-12,15H,5,8,13-14H2,1H3,(H,21,24)/t15-/m0/s1. The summed E-state index contributed by atoms with van der Waals surface area (Å²) in [6, 6.07) is 17.6. The van der Waals surface area contributed by atoms with Gasteiger partial charge in [0.1, 0.15) is 0 Å². The first-order valence-corrected chi connectivity index (χ1v) is 9.55. The number of nitrogens with zero attached hydrogens (tertiary/aromatic N) is 1. The number of thioether (sulfide) groups is 1. The molecule has 0 spiro atoms. The van der Waals surface area contributed by atoms with E-state index in [9.17, 15) is 9.59 Å². The van der Waals surface area contributed by atoms with Crippen LogP contribution in [0.4, 0.5) is 11.4 Å². The van der Waals surface area contributed by atoms with E-state index in [0.29, 0.717) is 6.42 Å². The van der Waals surface area contributed by atoms with Gasteiger partial charge in [-0.2, -0.15) is 0 Å². The summed E-state index contributed by atoms with van der Waals surface area (Å²) in [4.78, 5) is 25.9. The molecule has 130 valence electrons. The average Bonchev–Trinajstić information content (AvgIpc) is 3.07. The maximum absolute atomic E-state index is 12.3. The molecule has 5 heteroatoms. The van der Waals surface area contributed by atoms with Crippen LogP contribution in [0.1, 0.15) is 25.3 Å². The maximum atomic E-state index is 12.3. The summed E-state index contributed by atoms with van der Waals surface area (Å²) in [6.45, 7) is 2.69. The zero-order valence-corrected chi connectivity index (χ0v) is 15.1. The van der Waals surface area contributed by atoms with Crippen molar-refractivity contribution in [2.24, 2.45) is 0 Å². The Morgan fingerprint density at radius 3 is 2.52 bits per heavy atom. The van der Waals surface area contributed by atoms with Crippen molar-refractivity contribution in [2.45, 2.75) is 30.8 Å². The number of benzene rings is 2. The third-order valence-electron chi connectivity index (χ3n) is 4.23. The van der Waals surface area contributed by atoms with Crippen molar-refractivity contribution in [3.8, 4) is 0 Å². The first-order valence-electron chi connectivity index (χ1n) is 8.50. The number of carbonyl (C=O) groups is 2. The van der Waals surface area contributed by atoms with E-state index in [4.69, 9.17) is 0 Å². The second kappa shape index (κ2) is 8.21. The Balaban J connectivity index is 1.52. The Morgan fingerprint density at radius 2 is 1.88 bits per heavy atom. The molecule has 1 fully saturated rings. The Morgan fingerprint density at radius 1 is 1.16 bits per heavy atom. The number of hydrogen-bond donors (Lipinski definition) is 1. The lowest BCUT2D eigenvalue weighted by molar-refractivity contribution is -0.117. The van der Waals surface area contributed by atoms with Crippen molar-refractivity contribution in [1.82, 2.24) is 0 Å². The molecule has 0 saturated carbocycles. The second-order valence-electron chi connectivity index (χ2n) is 6.12. The van der Waals surface area contributed by atoms with Gasteiger partial charge in [-0.3, -0.25) is 9.59 Å². The smallest absolute Gasteiger partial charge is 0.237 e. The molecule has 25 heavy (non-hydrogen) atoms. The number of nitrogens with one attached hydrogen (secondary N) is 1. The molecule has 3 rings (SSSR count). The van der Waals surface area contributed by atoms with Crippen molar-refractivity contribution in [3.05, 3.63) is 60.2 Å². The first-order chi connectivity index (χ1) is 12.1. The number of anilines is 2. The molecule has 0 bridgehead atoms. The highest BCUT2D eigenvalue weighted by Gasteiger charge is 2.21. The molecule has 2 aromatic carbocycles. The normalized spacial score (nSPS) is 15.2. The molecule has 1 heterocycles. The lowest BCUT2D eigenvalue weighted by Gasteiger charge is -2.16. The Labute approximate surface area is 152 Å². The summed E-state index contributed by atoms with van der Waals surface area (Å²) in [5.74, 6) is 0.972. The van der Waals surface area contributed by atoms with E-state index < -0.39 is 0 Å². The fraction of sp³-hybridized carbons (Fsp3) is 0.300. The van der Waals surface area contributed by atoms with Crippen LogP contribution in [0.15, 0.2) is 54.6 Å². The fourth-order valence-corrected chi connectivity index (χ4v) is 3.61. The molecule has 1 aliphatic rings. The van der Waals surface area contributed by atoms with Gasteiger partial charge in [0.15, 0.2) is 0 Å². The number of carbonyl (C=O) groups excluding carboxylic acids is 2. The zero-order valence-electron chi connectivity index (χ0n) is 14.3. The van der Waals surface area contributed by atoms with Gasteiger partial charge in [0.2, 0.25) is 11.8 Å². The molecule has 4 nitrogen and oxygen atoms in total. The predicted octanol–water partition coefficient (Wildman–Crippen LogP) is 4.07. The number of hydrogen-bond acceptors (Lipinski definition) is 3. The van der Waals surface area contributed by atoms with Gasteiger partial charge in [0.25, 0.3) is 0 Å². The van der Waals surface area contributed by atoms with Crippen molar-refractivity contribution in [3.63, 3.8) is 0 Å². The van der Waals surface area contributed by atoms with Crippen molar-refractivity contribution in [1.29, 1.82) is 0 Å². The maximum Gasteiger partial charge on any atom is 0.237 e. The summed E-state index contributed by atoms with van der Waals surface area (Å²) in [5, 5.41) is 2.80. The van der Waals surface area contributed by atoms with Gasteiger partial charge < -0.3 is 10.2 Å². The largest absolute Gasteiger partial charge is 0.325 e. The van der Waals surface area contributed by atoms with Crippen LogP contribution in [0, 0.1) is 0 Å². The number of amides is 2. The highest BCUT2D eigenvalue weighted by atomic mass is 32.2. The Bertz CT molecular complexity index is 731. The van der Waals surface area contributed by atoms with E-state index in [1.165, 1.54) is 5.56 Å². The lowest BCUT2D eigenvalue weighted by atomic mass is 10.2. The van der Waals surface area contributed by atoms with Crippen LogP contribution in [0.5, 0.6) is 0 Å². The summed E-state index contributed by atoms with van der Waals surface area (Å²) < 4.78 is 0. The van der Waals surface area contributed by atoms with E-state index >= 15 is 0 Å². The molecule has 2 aromatic rings. The summed E-state index contributed by atoms with van der Waals surface area (Å²) in [7, 11) is 0. The van der Waals surface area contributed by atoms with Gasteiger partial charge in [0, 0.05) is 30.1 Å². The molecular weight excluding hydrogens is 332 g/mol. The van der Waals surface area contributed by atoms with Crippen LogP contribution in [0.25, 0.3) is 0 Å². The molecule has 0 aliphatic carbocycles. The Hall–Kier alpha value is -2.27. The minimum Gasteiger partial charge on any atom is -0.325 e. The molecule has 0 radical (unpaired) electrons. The highest BCUT2D eigenvalue weighted by molar-refractivity contribution is 7.99. The van der Waals surface area contributed by atoms with Crippen LogP contribution in [-0.2, 0) is 15.3 Å². The van der Waals surface area contributed by atoms with Gasteiger partial charge in [-0.1, -0.05) is 30.3 Å². The topological polar surface area (TPSA) is 49.4 Å². The van der Waals surface area contributed by atoms with E-state index in [0.717, 1.165) is 30.1 Å². The third-order valence-corrected chi connectivity index (χ3v) is 5.45. The van der Waals surface area contributed by atoms with Crippen molar-refractivity contribution < 1.29 is 9.59 Å². The zero-order chi connectivity index (χ0) is 17.6. The van der Waals surface area contributed by atoms with E-state index in [1.54, 1.807) is 16.7 Å². The van der Waals surface area contributed by atoms with Gasteiger partial charge in [-0.05, 0) is 43.2 Å². The summed E-state index contributed by atoms with van der Waals surface area (Å²) >= 11 is 1.62. The molecule has 1 atom stereocenters. The van der Waals surface area contributed by atoms with Crippen LogP contribution in [0.3, 0.4) is 0 Å². The second-order valence-corrected chi connectivity index (χ2v) is 7.45. The summed E-state index contributed by atoms with van der Waals surface area (Å²) in [5.41, 5.74) is 2.87. The minimum absolute atomic E-state index is 0.00840. The van der Waals surface area contributed by atoms with Gasteiger partial charge in [0.05, 0.1) is 5.25 Å². The predicted molar refractivity (Wildman–Crippen MR) is 104 cm³/mol. The average molecular weight is 354 g/mol. The van der Waals surface area contributed by atoms with E-state index in [1.807, 2.05) is 49.4 Å². The van der Waals surface area contributed by atoms with Crippen LogP contribution < -0.4 is 10.2 Å². The lowest BCUT2D eigenvalue weighted by Crippen LogP contribution is -2.24. The fourth-order valence-electron chi connectivity index (χ4n) is 2.76. The molecule has 0 unspecified atom stereocenters. The van der Waals surface area contributed by atoms with Crippen LogP contribution in [0.2, 0.25) is 0 Å². The quantitative estimate of drug-likeness (QED) is 0.850. The van der Waals surface area contributed by atoms with Crippen molar-refractivity contribution >= 4 is 35.0 Å². The van der Waals surface area contributed by atoms with Crippen LogP contribution in [-0.4, -0.2) is 23.6 Å². The monoisotopic (exact) mass is 354 g/mol. The molecule has 2 amide bonds. The molecule has 1 N–H and O–H groups in total. The van der Waals surface area contributed by atoms with Crippen LogP contribution >= 0.6 is 11.8 Å². The van der Waals surface area contributed by atoms with E-state index in [2.05, 4.69) is 17.4 Å². The third kappa shape index (κ3) is 4.63. The highest BCUT2D eigenvalue weighted by Crippen LogP contribution is 2.24. The molecule has 1 saturated heterocycles. The van der Waals surface area contributed by atoms with Gasteiger partial charge in [-0.25, -0.2) is 0 Å². The summed E-state index contributed by atoms with van der Waals surface area (Å²) in [6.07, 6.45) is 1.53. The minimum atomic E-state index is -0.139. The van der Waals surface area contributed by atoms with Gasteiger partial charge >= 0.3 is 0 Å². The number of rotatable bonds is 6. The first kappa shape index (κ1) is 17.5. The molecular formula is C20H22N2O2S. The molecule has 1 aliphatic heterocycles. The SMILES string of the molecule is C[C@H](SCc1ccccc1)C(=O)Nc1ccc(N2CCCC2=O)cc1. The van der Waals surface area contributed by atoms with E-state index in [-0.39, 0.29) is 17.1 Å². The Kier molecular flexibility index (Phi) is 5.76.